The van der Waals surface area contributed by atoms with Gasteiger partial charge >= 0.3 is 0 Å². The van der Waals surface area contributed by atoms with E-state index in [1.807, 2.05) is 11.0 Å². The number of rotatable bonds is 7. The number of nitrogens with two attached hydrogens (primary N) is 1. The third kappa shape index (κ3) is 4.99. The summed E-state index contributed by atoms with van der Waals surface area (Å²) in [5.74, 6) is -0.208. The molecule has 170 valence electrons. The van der Waals surface area contributed by atoms with Gasteiger partial charge in [-0.2, -0.15) is 5.10 Å². The minimum atomic E-state index is -0.241. The van der Waals surface area contributed by atoms with Gasteiger partial charge in [-0.3, -0.25) is 9.48 Å². The van der Waals surface area contributed by atoms with Gasteiger partial charge in [-0.25, -0.2) is 9.37 Å². The van der Waals surface area contributed by atoms with Crippen LogP contribution in [0.15, 0.2) is 24.3 Å². The number of thiazole rings is 1. The molecule has 1 aliphatic rings. The fraction of sp³-hybridized carbons (Fsp3) is 0.435. The molecule has 3 heterocycles. The molecule has 0 fully saturated rings. The minimum absolute atomic E-state index is 0.0334. The highest BCUT2D eigenvalue weighted by atomic mass is 32.1. The number of hydrogen-bond acceptors (Lipinski definition) is 6. The van der Waals surface area contributed by atoms with E-state index < -0.39 is 0 Å². The number of halogens is 1. The van der Waals surface area contributed by atoms with E-state index in [0.717, 1.165) is 41.9 Å². The number of hydrogen-bond donors (Lipinski definition) is 1. The van der Waals surface area contributed by atoms with Crippen molar-refractivity contribution in [2.75, 3.05) is 32.5 Å². The maximum Gasteiger partial charge on any atom is 0.244 e. The minimum Gasteiger partial charge on any atom is -0.385 e. The van der Waals surface area contributed by atoms with Crippen molar-refractivity contribution >= 4 is 22.4 Å². The van der Waals surface area contributed by atoms with Crippen molar-refractivity contribution in [3.05, 3.63) is 51.9 Å². The van der Waals surface area contributed by atoms with Crippen LogP contribution in [-0.2, 0) is 35.3 Å². The van der Waals surface area contributed by atoms with Crippen molar-refractivity contribution < 1.29 is 13.9 Å². The van der Waals surface area contributed by atoms with Crippen LogP contribution in [0.2, 0.25) is 0 Å². The van der Waals surface area contributed by atoms with E-state index in [0.29, 0.717) is 36.8 Å². The number of carbonyl (C=O) groups is 1. The number of methoxy groups -OCH3 is 1. The lowest BCUT2D eigenvalue weighted by Gasteiger charge is -2.20. The number of amides is 1. The molecule has 0 unspecified atom stereocenters. The molecule has 9 heteroatoms. The molecule has 0 aliphatic carbocycles. The Labute approximate surface area is 191 Å². The Morgan fingerprint density at radius 1 is 1.28 bits per heavy atom. The summed E-state index contributed by atoms with van der Waals surface area (Å²) in [6.07, 6.45) is 3.06. The molecule has 0 atom stereocenters. The summed E-state index contributed by atoms with van der Waals surface area (Å²) < 4.78 is 20.7. The van der Waals surface area contributed by atoms with E-state index in [1.54, 1.807) is 30.8 Å². The molecular weight excluding hydrogens is 429 g/mol. The van der Waals surface area contributed by atoms with Gasteiger partial charge in [0.25, 0.3) is 0 Å². The lowest BCUT2D eigenvalue weighted by molar-refractivity contribution is -0.132. The number of benzene rings is 1. The highest BCUT2D eigenvalue weighted by Gasteiger charge is 2.22. The lowest BCUT2D eigenvalue weighted by Crippen LogP contribution is -2.36. The van der Waals surface area contributed by atoms with E-state index in [9.17, 15) is 9.18 Å². The van der Waals surface area contributed by atoms with E-state index in [2.05, 4.69) is 4.98 Å². The van der Waals surface area contributed by atoms with Crippen LogP contribution in [0.1, 0.15) is 28.2 Å². The number of aryl methyl sites for hydroxylation is 2. The molecule has 2 N–H and O–H groups in total. The zero-order valence-corrected chi connectivity index (χ0v) is 19.3. The standard InChI is InChI=1S/C23H28FN5O2S/c1-15-12-16(5-6-18(15)24)20-13-17(4-3-11-31-2)29(27-20)14-22(30)28-9-7-19-21(8-10-28)32-23(25)26-19/h5-6,12-13H,3-4,7-11,14H2,1-2H3,(H2,25,26). The molecule has 1 amide bonds. The summed E-state index contributed by atoms with van der Waals surface area (Å²) in [6, 6.07) is 6.95. The SMILES string of the molecule is COCCCc1cc(-c2ccc(F)c(C)c2)nn1CC(=O)N1CCc2nc(N)sc2CC1. The largest absolute Gasteiger partial charge is 0.385 e. The van der Waals surface area contributed by atoms with Gasteiger partial charge in [0, 0.05) is 55.8 Å². The van der Waals surface area contributed by atoms with E-state index in [-0.39, 0.29) is 18.3 Å². The quantitative estimate of drug-likeness (QED) is 0.551. The van der Waals surface area contributed by atoms with Crippen LogP contribution in [0.5, 0.6) is 0 Å². The van der Waals surface area contributed by atoms with Crippen molar-refractivity contribution in [2.24, 2.45) is 0 Å². The van der Waals surface area contributed by atoms with Crippen molar-refractivity contribution in [1.82, 2.24) is 19.7 Å². The maximum atomic E-state index is 13.7. The molecule has 3 aromatic rings. The normalized spacial score (nSPS) is 13.8. The Bertz CT molecular complexity index is 1080. The molecule has 1 aliphatic heterocycles. The average molecular weight is 458 g/mol. The highest BCUT2D eigenvalue weighted by Crippen LogP contribution is 2.25. The first-order valence-electron chi connectivity index (χ1n) is 10.8. The first-order chi connectivity index (χ1) is 15.4. The van der Waals surface area contributed by atoms with Gasteiger partial charge in [0.2, 0.25) is 5.91 Å². The average Bonchev–Trinajstić information content (AvgIpc) is 3.27. The zero-order valence-electron chi connectivity index (χ0n) is 18.4. The van der Waals surface area contributed by atoms with Gasteiger partial charge in [0.1, 0.15) is 12.4 Å². The Hall–Kier alpha value is -2.78. The predicted molar refractivity (Wildman–Crippen MR) is 123 cm³/mol. The van der Waals surface area contributed by atoms with E-state index >= 15 is 0 Å². The summed E-state index contributed by atoms with van der Waals surface area (Å²) in [4.78, 5) is 20.6. The molecule has 1 aromatic carbocycles. The smallest absolute Gasteiger partial charge is 0.244 e. The predicted octanol–water partition coefficient (Wildman–Crippen LogP) is 3.24. The summed E-state index contributed by atoms with van der Waals surface area (Å²) in [5.41, 5.74) is 9.95. The Kier molecular flexibility index (Phi) is 6.86. The fourth-order valence-electron chi connectivity index (χ4n) is 4.00. The number of nitrogens with zero attached hydrogens (tertiary/aromatic N) is 4. The summed E-state index contributed by atoms with van der Waals surface area (Å²) >= 11 is 1.51. The van der Waals surface area contributed by atoms with Crippen molar-refractivity contribution in [2.45, 2.75) is 39.2 Å². The fourth-order valence-corrected chi connectivity index (χ4v) is 4.86. The van der Waals surface area contributed by atoms with Gasteiger partial charge in [0.05, 0.1) is 11.4 Å². The van der Waals surface area contributed by atoms with Crippen molar-refractivity contribution in [3.63, 3.8) is 0 Å². The topological polar surface area (TPSA) is 86.3 Å². The monoisotopic (exact) mass is 457 g/mol. The first kappa shape index (κ1) is 22.4. The molecule has 0 radical (unpaired) electrons. The second kappa shape index (κ2) is 9.79. The van der Waals surface area contributed by atoms with E-state index in [1.165, 1.54) is 22.3 Å². The molecule has 7 nitrogen and oxygen atoms in total. The molecular formula is C23H28FN5O2S. The number of fused-ring (bicyclic) bond motifs is 1. The van der Waals surface area contributed by atoms with Gasteiger partial charge in [-0.05, 0) is 49.6 Å². The van der Waals surface area contributed by atoms with Crippen LogP contribution in [0, 0.1) is 12.7 Å². The van der Waals surface area contributed by atoms with Crippen LogP contribution < -0.4 is 5.73 Å². The van der Waals surface area contributed by atoms with Crippen LogP contribution in [0.25, 0.3) is 11.3 Å². The number of anilines is 1. The summed E-state index contributed by atoms with van der Waals surface area (Å²) in [5, 5.41) is 5.30. The third-order valence-corrected chi connectivity index (χ3v) is 6.74. The molecule has 0 saturated carbocycles. The lowest BCUT2D eigenvalue weighted by atomic mass is 10.1. The Morgan fingerprint density at radius 2 is 2.09 bits per heavy atom. The van der Waals surface area contributed by atoms with Crippen molar-refractivity contribution in [1.29, 1.82) is 0 Å². The van der Waals surface area contributed by atoms with Gasteiger partial charge < -0.3 is 15.4 Å². The van der Waals surface area contributed by atoms with E-state index in [4.69, 9.17) is 15.6 Å². The molecule has 0 spiro atoms. The summed E-state index contributed by atoms with van der Waals surface area (Å²) in [6.45, 7) is 3.82. The highest BCUT2D eigenvalue weighted by molar-refractivity contribution is 7.15. The van der Waals surface area contributed by atoms with Gasteiger partial charge in [-0.1, -0.05) is 0 Å². The number of carbonyl (C=O) groups excluding carboxylic acids is 1. The number of aromatic nitrogens is 3. The molecule has 0 saturated heterocycles. The van der Waals surface area contributed by atoms with Crippen LogP contribution in [-0.4, -0.2) is 52.4 Å². The number of nitrogen functional groups attached to an aromatic ring is 1. The second-order valence-electron chi connectivity index (χ2n) is 8.04. The molecule has 32 heavy (non-hydrogen) atoms. The Balaban J connectivity index is 1.51. The van der Waals surface area contributed by atoms with Crippen LogP contribution in [0.4, 0.5) is 9.52 Å². The maximum absolute atomic E-state index is 13.7. The van der Waals surface area contributed by atoms with Gasteiger partial charge in [0.15, 0.2) is 5.13 Å². The second-order valence-corrected chi connectivity index (χ2v) is 9.16. The number of ether oxygens (including phenoxy) is 1. The van der Waals surface area contributed by atoms with Crippen LogP contribution in [0.3, 0.4) is 0 Å². The zero-order chi connectivity index (χ0) is 22.7. The first-order valence-corrected chi connectivity index (χ1v) is 11.6. The van der Waals surface area contributed by atoms with Crippen LogP contribution >= 0.6 is 11.3 Å². The molecule has 0 bridgehead atoms. The Morgan fingerprint density at radius 3 is 2.88 bits per heavy atom. The molecule has 2 aromatic heterocycles. The van der Waals surface area contributed by atoms with Crippen molar-refractivity contribution in [3.8, 4) is 11.3 Å². The third-order valence-electron chi connectivity index (χ3n) is 5.76. The van der Waals surface area contributed by atoms with Gasteiger partial charge in [-0.15, -0.1) is 11.3 Å². The molecule has 4 rings (SSSR count). The summed E-state index contributed by atoms with van der Waals surface area (Å²) in [7, 11) is 1.67.